The Morgan fingerprint density at radius 1 is 1.03 bits per heavy atom. The van der Waals surface area contributed by atoms with Crippen LogP contribution in [0.4, 0.5) is 5.69 Å². The Labute approximate surface area is 194 Å². The summed E-state index contributed by atoms with van der Waals surface area (Å²) in [5, 5.41) is 3.34. The van der Waals surface area contributed by atoms with Crippen molar-refractivity contribution in [3.05, 3.63) is 53.4 Å². The largest absolute Gasteiger partial charge is 0.463 e. The molecule has 1 aliphatic heterocycles. The van der Waals surface area contributed by atoms with Crippen molar-refractivity contribution in [1.82, 2.24) is 9.88 Å². The van der Waals surface area contributed by atoms with Crippen LogP contribution in [0.2, 0.25) is 0 Å². The number of nitrogens with one attached hydrogen (secondary N) is 1. The summed E-state index contributed by atoms with van der Waals surface area (Å²) in [5.74, 6) is -0.260. The van der Waals surface area contributed by atoms with E-state index in [0.717, 1.165) is 48.0 Å². The fraction of sp³-hybridized carbons (Fsp3) is 0.481. The molecule has 174 valence electrons. The van der Waals surface area contributed by atoms with E-state index >= 15 is 0 Å². The van der Waals surface area contributed by atoms with Gasteiger partial charge in [0.1, 0.15) is 11.2 Å². The summed E-state index contributed by atoms with van der Waals surface area (Å²) in [4.78, 5) is 29.6. The minimum Gasteiger partial charge on any atom is -0.463 e. The van der Waals surface area contributed by atoms with E-state index in [1.165, 1.54) is 19.3 Å². The highest BCUT2D eigenvalue weighted by atomic mass is 16.3. The highest BCUT2D eigenvalue weighted by molar-refractivity contribution is 6.13. The van der Waals surface area contributed by atoms with Crippen molar-refractivity contribution in [1.29, 1.82) is 0 Å². The topological polar surface area (TPSA) is 67.5 Å². The molecule has 1 N–H and O–H groups in total. The van der Waals surface area contributed by atoms with Crippen LogP contribution in [0.5, 0.6) is 0 Å². The van der Waals surface area contributed by atoms with E-state index in [0.29, 0.717) is 17.8 Å². The maximum absolute atomic E-state index is 13.9. The molecule has 6 heteroatoms. The van der Waals surface area contributed by atoms with E-state index in [1.54, 1.807) is 17.2 Å². The van der Waals surface area contributed by atoms with Crippen LogP contribution in [-0.2, 0) is 11.3 Å². The molecule has 3 aromatic rings. The summed E-state index contributed by atoms with van der Waals surface area (Å²) in [6.45, 7) is 6.32. The average Bonchev–Trinajstić information content (AvgIpc) is 3.31. The summed E-state index contributed by atoms with van der Waals surface area (Å²) in [6.07, 6.45) is 9.64. The number of fused-ring (bicyclic) bond motifs is 3. The standard InChI is InChI=1S/C27H33N3O3/c1-18-13-19(2)15-21(14-18)30-25(31)23-16-24-22(11-12-33-24)29(23)17-27(30,3)26(32)28-20-9-7-5-4-6-8-10-20/h11-16,20H,4-10,17H2,1-3H3,(H,28,32)/t27-/m0/s1. The first-order valence-electron chi connectivity index (χ1n) is 12.2. The van der Waals surface area contributed by atoms with Crippen LogP contribution < -0.4 is 10.2 Å². The first kappa shape index (κ1) is 21.8. The third-order valence-corrected chi connectivity index (χ3v) is 7.30. The third kappa shape index (κ3) is 3.85. The van der Waals surface area contributed by atoms with Crippen LogP contribution >= 0.6 is 0 Å². The Morgan fingerprint density at radius 3 is 2.39 bits per heavy atom. The van der Waals surface area contributed by atoms with Crippen molar-refractivity contribution in [2.75, 3.05) is 4.90 Å². The maximum atomic E-state index is 13.9. The molecule has 1 aliphatic carbocycles. The lowest BCUT2D eigenvalue weighted by molar-refractivity contribution is -0.127. The normalized spacial score (nSPS) is 22.2. The highest BCUT2D eigenvalue weighted by Gasteiger charge is 2.49. The molecule has 1 saturated carbocycles. The fourth-order valence-corrected chi connectivity index (χ4v) is 5.64. The lowest BCUT2D eigenvalue weighted by atomic mass is 9.91. The predicted octanol–water partition coefficient (Wildman–Crippen LogP) is 5.50. The number of carbonyl (C=O) groups is 2. The molecule has 1 aromatic carbocycles. The van der Waals surface area contributed by atoms with Crippen LogP contribution in [0.15, 0.2) is 41.0 Å². The first-order chi connectivity index (χ1) is 15.9. The van der Waals surface area contributed by atoms with Gasteiger partial charge in [-0.2, -0.15) is 0 Å². The average molecular weight is 448 g/mol. The number of nitrogens with zero attached hydrogens (tertiary/aromatic N) is 2. The lowest BCUT2D eigenvalue weighted by Crippen LogP contribution is -2.65. The van der Waals surface area contributed by atoms with Gasteiger partial charge in [0.05, 0.1) is 18.3 Å². The van der Waals surface area contributed by atoms with Gasteiger partial charge >= 0.3 is 0 Å². The van der Waals surface area contributed by atoms with Gasteiger partial charge in [0, 0.05) is 23.9 Å². The second-order valence-electron chi connectivity index (χ2n) is 10.1. The molecule has 2 amide bonds. The van der Waals surface area contributed by atoms with Gasteiger partial charge in [0.25, 0.3) is 5.91 Å². The second-order valence-corrected chi connectivity index (χ2v) is 10.1. The molecule has 0 unspecified atom stereocenters. The molecule has 1 fully saturated rings. The molecule has 0 bridgehead atoms. The molecule has 5 rings (SSSR count). The Hall–Kier alpha value is -3.02. The fourth-order valence-electron chi connectivity index (χ4n) is 5.64. The molecule has 2 aliphatic rings. The smallest absolute Gasteiger partial charge is 0.276 e. The lowest BCUT2D eigenvalue weighted by Gasteiger charge is -2.44. The predicted molar refractivity (Wildman–Crippen MR) is 130 cm³/mol. The molecule has 3 heterocycles. The van der Waals surface area contributed by atoms with Crippen molar-refractivity contribution < 1.29 is 14.0 Å². The maximum Gasteiger partial charge on any atom is 0.276 e. The molecule has 0 spiro atoms. The van der Waals surface area contributed by atoms with Gasteiger partial charge in [-0.1, -0.05) is 38.2 Å². The SMILES string of the molecule is Cc1cc(C)cc(N2C(=O)c3cc4occc4n3C[C@@]2(C)C(=O)NC2CCCCCCC2)c1. The van der Waals surface area contributed by atoms with Crippen LogP contribution in [0.3, 0.4) is 0 Å². The monoisotopic (exact) mass is 447 g/mol. The Morgan fingerprint density at radius 2 is 1.70 bits per heavy atom. The summed E-state index contributed by atoms with van der Waals surface area (Å²) >= 11 is 0. The van der Waals surface area contributed by atoms with E-state index < -0.39 is 5.54 Å². The Balaban J connectivity index is 1.57. The number of aryl methyl sites for hydroxylation is 2. The zero-order chi connectivity index (χ0) is 23.2. The van der Waals surface area contributed by atoms with Gasteiger partial charge in [-0.3, -0.25) is 14.5 Å². The van der Waals surface area contributed by atoms with E-state index in [9.17, 15) is 9.59 Å². The first-order valence-corrected chi connectivity index (χ1v) is 12.2. The van der Waals surface area contributed by atoms with E-state index in [-0.39, 0.29) is 17.9 Å². The third-order valence-electron chi connectivity index (χ3n) is 7.30. The quantitative estimate of drug-likeness (QED) is 0.576. The molecule has 33 heavy (non-hydrogen) atoms. The summed E-state index contributed by atoms with van der Waals surface area (Å²) in [5.41, 5.74) is 3.91. The molecular formula is C27H33N3O3. The van der Waals surface area contributed by atoms with Crippen molar-refractivity contribution in [3.8, 4) is 0 Å². The van der Waals surface area contributed by atoms with Crippen LogP contribution in [0.1, 0.15) is 73.5 Å². The summed E-state index contributed by atoms with van der Waals surface area (Å²) < 4.78 is 7.52. The van der Waals surface area contributed by atoms with Crippen LogP contribution in [0.25, 0.3) is 11.1 Å². The number of hydrogen-bond acceptors (Lipinski definition) is 3. The number of furan rings is 1. The number of rotatable bonds is 3. The molecule has 6 nitrogen and oxygen atoms in total. The van der Waals surface area contributed by atoms with Gasteiger partial charge in [-0.15, -0.1) is 0 Å². The number of carbonyl (C=O) groups excluding carboxylic acids is 2. The summed E-state index contributed by atoms with van der Waals surface area (Å²) in [7, 11) is 0. The Kier molecular flexibility index (Phi) is 5.55. The van der Waals surface area contributed by atoms with E-state index in [2.05, 4.69) is 11.4 Å². The Bertz CT molecular complexity index is 1180. The molecule has 1 atom stereocenters. The van der Waals surface area contributed by atoms with Gasteiger partial charge in [0.15, 0.2) is 5.58 Å². The van der Waals surface area contributed by atoms with Crippen LogP contribution in [0, 0.1) is 13.8 Å². The minimum absolute atomic E-state index is 0.0865. The van der Waals surface area contributed by atoms with E-state index in [4.69, 9.17) is 4.42 Å². The van der Waals surface area contributed by atoms with Crippen LogP contribution in [-0.4, -0.2) is 28.0 Å². The number of anilines is 1. The zero-order valence-corrected chi connectivity index (χ0v) is 19.8. The van der Waals surface area contributed by atoms with Crippen molar-refractivity contribution in [2.45, 2.75) is 83.8 Å². The number of aromatic nitrogens is 1. The highest BCUT2D eigenvalue weighted by Crippen LogP contribution is 2.37. The molecule has 2 aromatic heterocycles. The zero-order valence-electron chi connectivity index (χ0n) is 19.8. The van der Waals surface area contributed by atoms with Gasteiger partial charge in [-0.25, -0.2) is 0 Å². The minimum atomic E-state index is -1.06. The van der Waals surface area contributed by atoms with Crippen molar-refractivity contribution >= 4 is 28.6 Å². The molecule has 0 radical (unpaired) electrons. The van der Waals surface area contributed by atoms with Gasteiger partial charge in [0.2, 0.25) is 5.91 Å². The second kappa shape index (κ2) is 8.40. The molecular weight excluding hydrogens is 414 g/mol. The summed E-state index contributed by atoms with van der Waals surface area (Å²) in [6, 6.07) is 9.89. The number of benzene rings is 1. The van der Waals surface area contributed by atoms with Crippen molar-refractivity contribution in [3.63, 3.8) is 0 Å². The van der Waals surface area contributed by atoms with Gasteiger partial charge in [-0.05, 0) is 56.9 Å². The number of amides is 2. The molecule has 0 saturated heterocycles. The number of hydrogen-bond donors (Lipinski definition) is 1. The van der Waals surface area contributed by atoms with Gasteiger partial charge < -0.3 is 14.3 Å². The van der Waals surface area contributed by atoms with Crippen molar-refractivity contribution in [2.24, 2.45) is 0 Å². The van der Waals surface area contributed by atoms with E-state index in [1.807, 2.05) is 43.5 Å².